The van der Waals surface area contributed by atoms with Gasteiger partial charge in [0.2, 0.25) is 0 Å². The molecule has 3 rings (SSSR count). The summed E-state index contributed by atoms with van der Waals surface area (Å²) in [5.41, 5.74) is 0.119. The monoisotopic (exact) mass is 349 g/mol. The van der Waals surface area contributed by atoms with Crippen molar-refractivity contribution in [2.24, 2.45) is 0 Å². The number of hydrogen-bond acceptors (Lipinski definition) is 3. The predicted octanol–water partition coefficient (Wildman–Crippen LogP) is 3.87. The molecule has 25 heavy (non-hydrogen) atoms. The molecule has 0 aliphatic heterocycles. The van der Waals surface area contributed by atoms with E-state index in [4.69, 9.17) is 4.74 Å². The number of nitrogens with zero attached hydrogens (tertiary/aromatic N) is 2. The van der Waals surface area contributed by atoms with Crippen molar-refractivity contribution in [1.29, 1.82) is 0 Å². The van der Waals surface area contributed by atoms with Crippen LogP contribution in [0.3, 0.4) is 0 Å². The highest BCUT2D eigenvalue weighted by atomic mass is 19.4. The molecular formula is C17H14F3N3O2. The van der Waals surface area contributed by atoms with E-state index in [0.29, 0.717) is 11.2 Å². The van der Waals surface area contributed by atoms with E-state index in [1.807, 2.05) is 0 Å². The first-order valence-electron chi connectivity index (χ1n) is 7.27. The molecule has 0 saturated heterocycles. The highest BCUT2D eigenvalue weighted by Gasteiger charge is 2.35. The molecule has 0 fully saturated rings. The van der Waals surface area contributed by atoms with Gasteiger partial charge in [-0.25, -0.2) is 0 Å². The van der Waals surface area contributed by atoms with Crippen LogP contribution in [0.2, 0.25) is 0 Å². The lowest BCUT2D eigenvalue weighted by Gasteiger charge is -2.17. The summed E-state index contributed by atoms with van der Waals surface area (Å²) in [6, 6.07) is 5.51. The molecule has 1 amide bonds. The van der Waals surface area contributed by atoms with Crippen molar-refractivity contribution in [3.8, 4) is 5.75 Å². The first kappa shape index (κ1) is 16.8. The van der Waals surface area contributed by atoms with Gasteiger partial charge in [0.25, 0.3) is 5.91 Å². The Kier molecular flexibility index (Phi) is 4.12. The van der Waals surface area contributed by atoms with Crippen molar-refractivity contribution < 1.29 is 22.7 Å². The number of ether oxygens (including phenoxy) is 1. The molecule has 130 valence electrons. The largest absolute Gasteiger partial charge is 0.496 e. The fourth-order valence-corrected chi connectivity index (χ4v) is 2.57. The summed E-state index contributed by atoms with van der Waals surface area (Å²) in [7, 11) is 2.70. The van der Waals surface area contributed by atoms with Gasteiger partial charge >= 0.3 is 6.18 Å². The summed E-state index contributed by atoms with van der Waals surface area (Å²) in [5.74, 6) is -0.751. The van der Waals surface area contributed by atoms with Crippen molar-refractivity contribution >= 4 is 22.5 Å². The average Bonchev–Trinajstić information content (AvgIpc) is 3.02. The molecule has 5 nitrogen and oxygen atoms in total. The molecule has 0 spiro atoms. The number of aromatic amines is 1. The minimum atomic E-state index is -4.59. The number of halogens is 3. The fourth-order valence-electron chi connectivity index (χ4n) is 2.57. The van der Waals surface area contributed by atoms with Gasteiger partial charge in [0, 0.05) is 36.4 Å². The summed E-state index contributed by atoms with van der Waals surface area (Å²) in [4.78, 5) is 20.8. The molecule has 8 heteroatoms. The molecule has 1 aromatic carbocycles. The Hall–Kier alpha value is -3.03. The molecule has 0 unspecified atom stereocenters. The number of H-pyrrole nitrogens is 1. The van der Waals surface area contributed by atoms with Crippen LogP contribution in [0.4, 0.5) is 18.9 Å². The molecule has 0 bridgehead atoms. The molecule has 0 aliphatic carbocycles. The Balaban J connectivity index is 2.10. The normalized spacial score (nSPS) is 11.6. The van der Waals surface area contributed by atoms with E-state index in [2.05, 4.69) is 9.97 Å². The van der Waals surface area contributed by atoms with Crippen LogP contribution in [0, 0.1) is 0 Å². The summed E-state index contributed by atoms with van der Waals surface area (Å²) in [5, 5.41) is 0.175. The third-order valence-electron chi connectivity index (χ3n) is 3.88. The lowest BCUT2D eigenvalue weighted by molar-refractivity contribution is -0.138. The van der Waals surface area contributed by atoms with Crippen LogP contribution in [0.1, 0.15) is 15.9 Å². The number of fused-ring (bicyclic) bond motifs is 1. The number of benzene rings is 1. The van der Waals surface area contributed by atoms with Gasteiger partial charge in [-0.1, -0.05) is 0 Å². The van der Waals surface area contributed by atoms with Crippen LogP contribution in [0.15, 0.2) is 42.9 Å². The number of anilines is 1. The van der Waals surface area contributed by atoms with Crippen molar-refractivity contribution in [2.75, 3.05) is 19.1 Å². The van der Waals surface area contributed by atoms with Crippen LogP contribution in [-0.4, -0.2) is 30.0 Å². The van der Waals surface area contributed by atoms with Crippen molar-refractivity contribution in [2.45, 2.75) is 6.18 Å². The van der Waals surface area contributed by atoms with Crippen molar-refractivity contribution in [1.82, 2.24) is 9.97 Å². The lowest BCUT2D eigenvalue weighted by Crippen LogP contribution is -2.26. The zero-order chi connectivity index (χ0) is 18.2. The number of carbonyl (C=O) groups is 1. The quantitative estimate of drug-likeness (QED) is 0.781. The molecule has 0 saturated carbocycles. The van der Waals surface area contributed by atoms with E-state index in [-0.39, 0.29) is 16.7 Å². The highest BCUT2D eigenvalue weighted by molar-refractivity contribution is 6.14. The van der Waals surface area contributed by atoms with E-state index in [0.717, 1.165) is 6.07 Å². The third-order valence-corrected chi connectivity index (χ3v) is 3.88. The summed E-state index contributed by atoms with van der Waals surface area (Å²) in [6.45, 7) is 0. The number of aromatic nitrogens is 2. The van der Waals surface area contributed by atoms with Gasteiger partial charge in [0.1, 0.15) is 5.75 Å². The van der Waals surface area contributed by atoms with Crippen molar-refractivity contribution in [3.05, 3.63) is 54.0 Å². The molecule has 0 aliphatic rings. The smallest absolute Gasteiger partial charge is 0.419 e. The standard InChI is InChI=1S/C17H14F3N3O2/c1-23(10-4-3-5-21-8-10)16(24)12-9-22-14-7-15(25-2)13(6-11(12)14)17(18,19)20/h3-9,22H,1-2H3. The van der Waals surface area contributed by atoms with E-state index in [1.165, 1.54) is 37.5 Å². The maximum Gasteiger partial charge on any atom is 0.419 e. The topological polar surface area (TPSA) is 58.2 Å². The third kappa shape index (κ3) is 3.02. The maximum atomic E-state index is 13.2. The second-order valence-electron chi connectivity index (χ2n) is 5.37. The summed E-state index contributed by atoms with van der Waals surface area (Å²) in [6.07, 6.45) is -0.141. The fraction of sp³-hybridized carbons (Fsp3) is 0.176. The van der Waals surface area contributed by atoms with Crippen LogP contribution in [0.25, 0.3) is 10.9 Å². The predicted molar refractivity (Wildman–Crippen MR) is 86.8 cm³/mol. The number of hydrogen-bond donors (Lipinski definition) is 1. The summed E-state index contributed by atoms with van der Waals surface area (Å²) < 4.78 is 44.5. The number of amides is 1. The van der Waals surface area contributed by atoms with Crippen LogP contribution in [0.5, 0.6) is 5.75 Å². The molecule has 1 N–H and O–H groups in total. The lowest BCUT2D eigenvalue weighted by atomic mass is 10.1. The maximum absolute atomic E-state index is 13.2. The second kappa shape index (κ2) is 6.12. The van der Waals surface area contributed by atoms with E-state index in [1.54, 1.807) is 18.3 Å². The van der Waals surface area contributed by atoms with Gasteiger partial charge in [-0.05, 0) is 18.2 Å². The minimum Gasteiger partial charge on any atom is -0.496 e. The Morgan fingerprint density at radius 3 is 2.68 bits per heavy atom. The highest BCUT2D eigenvalue weighted by Crippen LogP contribution is 2.39. The molecule has 0 radical (unpaired) electrons. The number of rotatable bonds is 3. The van der Waals surface area contributed by atoms with Gasteiger partial charge in [0.15, 0.2) is 0 Å². The second-order valence-corrected chi connectivity index (χ2v) is 5.37. The van der Waals surface area contributed by atoms with E-state index in [9.17, 15) is 18.0 Å². The number of pyridine rings is 1. The average molecular weight is 349 g/mol. The van der Waals surface area contributed by atoms with Gasteiger partial charge < -0.3 is 14.6 Å². The molecule has 2 aromatic heterocycles. The number of methoxy groups -OCH3 is 1. The van der Waals surface area contributed by atoms with Gasteiger partial charge in [-0.3, -0.25) is 9.78 Å². The SMILES string of the molecule is COc1cc2[nH]cc(C(=O)N(C)c3cccnc3)c2cc1C(F)(F)F. The van der Waals surface area contributed by atoms with Gasteiger partial charge in [0.05, 0.1) is 30.1 Å². The Labute approximate surface area is 141 Å². The van der Waals surface area contributed by atoms with E-state index < -0.39 is 17.6 Å². The molecule has 0 atom stereocenters. The minimum absolute atomic E-state index is 0.134. The molecule has 2 heterocycles. The van der Waals surface area contributed by atoms with Crippen LogP contribution < -0.4 is 9.64 Å². The van der Waals surface area contributed by atoms with E-state index >= 15 is 0 Å². The number of nitrogens with one attached hydrogen (secondary N) is 1. The Morgan fingerprint density at radius 1 is 1.32 bits per heavy atom. The molecular weight excluding hydrogens is 335 g/mol. The van der Waals surface area contributed by atoms with Crippen LogP contribution >= 0.6 is 0 Å². The first-order chi connectivity index (χ1) is 11.8. The Morgan fingerprint density at radius 2 is 2.08 bits per heavy atom. The van der Waals surface area contributed by atoms with Crippen molar-refractivity contribution in [3.63, 3.8) is 0 Å². The van der Waals surface area contributed by atoms with Gasteiger partial charge in [-0.2, -0.15) is 13.2 Å². The zero-order valence-electron chi connectivity index (χ0n) is 13.4. The first-order valence-corrected chi connectivity index (χ1v) is 7.27. The number of alkyl halides is 3. The summed E-state index contributed by atoms with van der Waals surface area (Å²) >= 11 is 0. The van der Waals surface area contributed by atoms with Crippen LogP contribution in [-0.2, 0) is 6.18 Å². The Bertz CT molecular complexity index is 920. The van der Waals surface area contributed by atoms with Gasteiger partial charge in [-0.15, -0.1) is 0 Å². The number of carbonyl (C=O) groups excluding carboxylic acids is 1. The molecule has 3 aromatic rings. The zero-order valence-corrected chi connectivity index (χ0v) is 13.4.